The Morgan fingerprint density at radius 2 is 1.88 bits per heavy atom. The molecule has 1 atom stereocenters. The predicted octanol–water partition coefficient (Wildman–Crippen LogP) is 2.89. The van der Waals surface area contributed by atoms with Gasteiger partial charge in [-0.15, -0.1) is 0 Å². The number of nitrogens with zero attached hydrogens (tertiary/aromatic N) is 1. The van der Waals surface area contributed by atoms with Crippen LogP contribution in [-0.4, -0.2) is 27.1 Å². The lowest BCUT2D eigenvalue weighted by molar-refractivity contribution is 0.0940. The molecule has 1 N–H and O–H groups in total. The van der Waals surface area contributed by atoms with Gasteiger partial charge >= 0.3 is 0 Å². The smallest absolute Gasteiger partial charge is 0.251 e. The van der Waals surface area contributed by atoms with E-state index in [2.05, 4.69) is 5.32 Å². The number of nitrogens with one attached hydrogen (secondary N) is 1. The van der Waals surface area contributed by atoms with Gasteiger partial charge < -0.3 is 5.32 Å². The Kier molecular flexibility index (Phi) is 4.81. The van der Waals surface area contributed by atoms with E-state index in [4.69, 9.17) is 0 Å². The first-order valence-corrected chi connectivity index (χ1v) is 10.2. The summed E-state index contributed by atoms with van der Waals surface area (Å²) in [6, 6.07) is 14.9. The van der Waals surface area contributed by atoms with Crippen LogP contribution in [0.2, 0.25) is 0 Å². The van der Waals surface area contributed by atoms with E-state index < -0.39 is 10.0 Å². The van der Waals surface area contributed by atoms with Crippen LogP contribution in [-0.2, 0) is 16.4 Å². The number of aryl methyl sites for hydroxylation is 1. The first kappa shape index (κ1) is 17.5. The maximum Gasteiger partial charge on any atom is 0.251 e. The quantitative estimate of drug-likeness (QED) is 0.914. The number of sulfonamides is 1. The molecule has 0 radical (unpaired) electrons. The van der Waals surface area contributed by atoms with E-state index in [9.17, 15) is 13.2 Å². The molecule has 1 aliphatic rings. The van der Waals surface area contributed by atoms with Gasteiger partial charge in [0.2, 0.25) is 10.0 Å². The number of carbonyl (C=O) groups is 1. The van der Waals surface area contributed by atoms with E-state index in [0.717, 1.165) is 24.0 Å². The highest BCUT2D eigenvalue weighted by atomic mass is 32.2. The molecule has 0 aromatic heterocycles. The normalized spacial score (nSPS) is 15.4. The average Bonchev–Trinajstić information content (AvgIpc) is 2.60. The van der Waals surface area contributed by atoms with Gasteiger partial charge in [-0.1, -0.05) is 30.3 Å². The highest BCUT2D eigenvalue weighted by Crippen LogP contribution is 2.30. The van der Waals surface area contributed by atoms with Gasteiger partial charge in [0.1, 0.15) is 0 Å². The lowest BCUT2D eigenvalue weighted by Gasteiger charge is -2.29. The maximum atomic E-state index is 12.5. The second-order valence-corrected chi connectivity index (χ2v) is 8.29. The highest BCUT2D eigenvalue weighted by Gasteiger charge is 2.24. The Morgan fingerprint density at radius 3 is 2.56 bits per heavy atom. The summed E-state index contributed by atoms with van der Waals surface area (Å²) >= 11 is 0. The number of carbonyl (C=O) groups excluding carboxylic acids is 1. The van der Waals surface area contributed by atoms with E-state index in [0.29, 0.717) is 17.8 Å². The van der Waals surface area contributed by atoms with Crippen molar-refractivity contribution in [2.75, 3.05) is 17.1 Å². The summed E-state index contributed by atoms with van der Waals surface area (Å²) in [5, 5.41) is 2.99. The van der Waals surface area contributed by atoms with Crippen LogP contribution in [0.25, 0.3) is 0 Å². The minimum atomic E-state index is -3.29. The lowest BCUT2D eigenvalue weighted by Crippen LogP contribution is -2.35. The fourth-order valence-electron chi connectivity index (χ4n) is 3.15. The summed E-state index contributed by atoms with van der Waals surface area (Å²) in [5.74, 6) is -0.157. The standard InChI is InChI=1S/C19H22N2O3S/c1-14(15-7-4-3-5-8-15)20-19(22)17-10-11-18-16(13-17)9-6-12-21(18)25(2,23)24/h3-5,7-8,10-11,13-14H,6,9,12H2,1-2H3,(H,20,22). The second-order valence-electron chi connectivity index (χ2n) is 6.39. The zero-order valence-corrected chi connectivity index (χ0v) is 15.2. The van der Waals surface area contributed by atoms with Crippen LogP contribution in [0.3, 0.4) is 0 Å². The van der Waals surface area contributed by atoms with Crippen molar-refractivity contribution in [2.24, 2.45) is 0 Å². The number of anilines is 1. The summed E-state index contributed by atoms with van der Waals surface area (Å²) in [5.41, 5.74) is 3.17. The van der Waals surface area contributed by atoms with E-state index in [1.54, 1.807) is 18.2 Å². The molecule has 0 bridgehead atoms. The fourth-order valence-corrected chi connectivity index (χ4v) is 4.15. The molecule has 2 aromatic rings. The third-order valence-electron chi connectivity index (χ3n) is 4.47. The molecule has 0 fully saturated rings. The molecule has 1 aliphatic heterocycles. The van der Waals surface area contributed by atoms with Gasteiger partial charge in [-0.25, -0.2) is 8.42 Å². The van der Waals surface area contributed by atoms with E-state index >= 15 is 0 Å². The Morgan fingerprint density at radius 1 is 1.16 bits per heavy atom. The van der Waals surface area contributed by atoms with Crippen molar-refractivity contribution in [3.8, 4) is 0 Å². The molecule has 0 saturated heterocycles. The highest BCUT2D eigenvalue weighted by molar-refractivity contribution is 7.92. The topological polar surface area (TPSA) is 66.5 Å². The van der Waals surface area contributed by atoms with Gasteiger partial charge in [-0.05, 0) is 49.1 Å². The monoisotopic (exact) mass is 358 g/mol. The summed E-state index contributed by atoms with van der Waals surface area (Å²) in [4.78, 5) is 12.5. The van der Waals surface area contributed by atoms with Crippen LogP contribution in [0.4, 0.5) is 5.69 Å². The molecule has 0 spiro atoms. The Labute approximate surface area is 148 Å². The molecule has 2 aromatic carbocycles. The van der Waals surface area contributed by atoms with E-state index in [1.807, 2.05) is 37.3 Å². The Balaban J connectivity index is 1.81. The largest absolute Gasteiger partial charge is 0.346 e. The Hall–Kier alpha value is -2.34. The predicted molar refractivity (Wildman–Crippen MR) is 99.3 cm³/mol. The number of fused-ring (bicyclic) bond motifs is 1. The average molecular weight is 358 g/mol. The summed E-state index contributed by atoms with van der Waals surface area (Å²) < 4.78 is 25.3. The van der Waals surface area contributed by atoms with Crippen molar-refractivity contribution >= 4 is 21.6 Å². The summed E-state index contributed by atoms with van der Waals surface area (Å²) in [7, 11) is -3.29. The molecule has 1 unspecified atom stereocenters. The summed E-state index contributed by atoms with van der Waals surface area (Å²) in [6.45, 7) is 2.43. The van der Waals surface area contributed by atoms with E-state index in [-0.39, 0.29) is 11.9 Å². The second kappa shape index (κ2) is 6.88. The van der Waals surface area contributed by atoms with Gasteiger partial charge in [0.25, 0.3) is 5.91 Å². The minimum Gasteiger partial charge on any atom is -0.346 e. The van der Waals surface area contributed by atoms with Crippen molar-refractivity contribution in [3.05, 3.63) is 65.2 Å². The summed E-state index contributed by atoms with van der Waals surface area (Å²) in [6.07, 6.45) is 2.74. The van der Waals surface area contributed by atoms with E-state index in [1.165, 1.54) is 10.6 Å². The third-order valence-corrected chi connectivity index (χ3v) is 5.65. The van der Waals surface area contributed by atoms with Gasteiger partial charge in [-0.3, -0.25) is 9.10 Å². The molecule has 0 saturated carbocycles. The van der Waals surface area contributed by atoms with Crippen molar-refractivity contribution in [2.45, 2.75) is 25.8 Å². The van der Waals surface area contributed by atoms with Gasteiger partial charge in [0, 0.05) is 12.1 Å². The third kappa shape index (κ3) is 3.85. The molecular formula is C19H22N2O3S. The van der Waals surface area contributed by atoms with Gasteiger partial charge in [0.05, 0.1) is 18.0 Å². The van der Waals surface area contributed by atoms with Crippen LogP contribution >= 0.6 is 0 Å². The van der Waals surface area contributed by atoms with Crippen molar-refractivity contribution < 1.29 is 13.2 Å². The molecule has 132 valence electrons. The first-order valence-electron chi connectivity index (χ1n) is 8.33. The van der Waals surface area contributed by atoms with Crippen molar-refractivity contribution in [3.63, 3.8) is 0 Å². The van der Waals surface area contributed by atoms with Gasteiger partial charge in [0.15, 0.2) is 0 Å². The first-order chi connectivity index (χ1) is 11.9. The lowest BCUT2D eigenvalue weighted by atomic mass is 10.00. The number of amides is 1. The molecular weight excluding hydrogens is 336 g/mol. The van der Waals surface area contributed by atoms with Gasteiger partial charge in [-0.2, -0.15) is 0 Å². The minimum absolute atomic E-state index is 0.0998. The molecule has 5 nitrogen and oxygen atoms in total. The number of hydrogen-bond donors (Lipinski definition) is 1. The molecule has 0 aliphatic carbocycles. The fraction of sp³-hybridized carbons (Fsp3) is 0.316. The number of rotatable bonds is 4. The zero-order chi connectivity index (χ0) is 18.0. The maximum absolute atomic E-state index is 12.5. The molecule has 3 rings (SSSR count). The molecule has 1 heterocycles. The van der Waals surface area contributed by atoms with Crippen molar-refractivity contribution in [1.29, 1.82) is 0 Å². The number of hydrogen-bond acceptors (Lipinski definition) is 3. The Bertz CT molecular complexity index is 879. The number of benzene rings is 2. The van der Waals surface area contributed by atoms with Crippen LogP contribution < -0.4 is 9.62 Å². The SMILES string of the molecule is CC(NC(=O)c1ccc2c(c1)CCCN2S(C)(=O)=O)c1ccccc1. The van der Waals surface area contributed by atoms with Crippen LogP contribution in [0.15, 0.2) is 48.5 Å². The van der Waals surface area contributed by atoms with Crippen LogP contribution in [0.5, 0.6) is 0 Å². The molecule has 25 heavy (non-hydrogen) atoms. The molecule has 1 amide bonds. The molecule has 6 heteroatoms. The van der Waals surface area contributed by atoms with Crippen molar-refractivity contribution in [1.82, 2.24) is 5.32 Å². The van der Waals surface area contributed by atoms with Crippen LogP contribution in [0.1, 0.15) is 40.9 Å². The zero-order valence-electron chi connectivity index (χ0n) is 14.4. The van der Waals surface area contributed by atoms with Crippen LogP contribution in [0, 0.1) is 0 Å².